The third-order valence-corrected chi connectivity index (χ3v) is 2.01. The van der Waals surface area contributed by atoms with Crippen LogP contribution in [0.15, 0.2) is 6.20 Å². The fourth-order valence-corrected chi connectivity index (χ4v) is 1.13. The highest BCUT2D eigenvalue weighted by molar-refractivity contribution is 5.18. The molecule has 0 atom stereocenters. The topological polar surface area (TPSA) is 56.7 Å². The molecule has 1 aromatic heterocycles. The minimum Gasteiger partial charge on any atom is -0.320 e. The quantitative estimate of drug-likeness (QED) is 0.582. The van der Waals surface area contributed by atoms with Gasteiger partial charge < -0.3 is 5.73 Å². The van der Waals surface area contributed by atoms with Gasteiger partial charge in [0, 0.05) is 7.05 Å². The van der Waals surface area contributed by atoms with Crippen LogP contribution in [0.3, 0.4) is 0 Å². The minimum atomic E-state index is -0.0990. The number of aromatic nitrogens is 3. The zero-order valence-corrected chi connectivity index (χ0v) is 5.91. The summed E-state index contributed by atoms with van der Waals surface area (Å²) in [6.45, 7) is 0. The van der Waals surface area contributed by atoms with Crippen LogP contribution in [0.2, 0.25) is 0 Å². The van der Waals surface area contributed by atoms with Gasteiger partial charge in [-0.15, -0.1) is 5.10 Å². The number of rotatable bonds is 1. The summed E-state index contributed by atoms with van der Waals surface area (Å²) in [7, 11) is 1.87. The third-order valence-electron chi connectivity index (χ3n) is 2.01. The molecule has 4 nitrogen and oxygen atoms in total. The standard InChI is InChI=1S/C6H10N4/c1-10-5(4-8-9-10)6(7)2-3-6/h4H,2-3,7H2,1H3. The maximum Gasteiger partial charge on any atom is 0.0782 e. The molecule has 0 radical (unpaired) electrons. The Morgan fingerprint density at radius 3 is 2.80 bits per heavy atom. The Hall–Kier alpha value is -0.900. The molecule has 0 bridgehead atoms. The second kappa shape index (κ2) is 1.58. The van der Waals surface area contributed by atoms with E-state index in [1.54, 1.807) is 10.9 Å². The van der Waals surface area contributed by atoms with Gasteiger partial charge in [-0.2, -0.15) is 0 Å². The minimum absolute atomic E-state index is 0.0990. The first-order chi connectivity index (χ1) is 4.72. The lowest BCUT2D eigenvalue weighted by Gasteiger charge is -2.05. The van der Waals surface area contributed by atoms with Crippen molar-refractivity contribution in [3.05, 3.63) is 11.9 Å². The average molecular weight is 138 g/mol. The molecule has 54 valence electrons. The molecule has 2 N–H and O–H groups in total. The lowest BCUT2D eigenvalue weighted by Crippen LogP contribution is -2.22. The van der Waals surface area contributed by atoms with Gasteiger partial charge in [0.2, 0.25) is 0 Å². The summed E-state index contributed by atoms with van der Waals surface area (Å²) in [5.74, 6) is 0. The van der Waals surface area contributed by atoms with Crippen molar-refractivity contribution >= 4 is 0 Å². The maximum absolute atomic E-state index is 5.91. The third kappa shape index (κ3) is 0.654. The van der Waals surface area contributed by atoms with E-state index in [1.807, 2.05) is 7.05 Å². The van der Waals surface area contributed by atoms with E-state index in [0.29, 0.717) is 0 Å². The van der Waals surface area contributed by atoms with Crippen LogP contribution >= 0.6 is 0 Å². The Morgan fingerprint density at radius 1 is 1.70 bits per heavy atom. The summed E-state index contributed by atoms with van der Waals surface area (Å²) in [6.07, 6.45) is 3.87. The van der Waals surface area contributed by atoms with Crippen molar-refractivity contribution in [3.63, 3.8) is 0 Å². The summed E-state index contributed by atoms with van der Waals surface area (Å²) < 4.78 is 1.74. The van der Waals surface area contributed by atoms with E-state index in [4.69, 9.17) is 5.73 Å². The van der Waals surface area contributed by atoms with E-state index in [0.717, 1.165) is 18.5 Å². The SMILES string of the molecule is Cn1nncc1C1(N)CC1. The Kier molecular flexibility index (Phi) is 0.922. The summed E-state index contributed by atoms with van der Waals surface area (Å²) in [5, 5.41) is 7.57. The molecule has 1 aliphatic rings. The Bertz CT molecular complexity index is 248. The first-order valence-corrected chi connectivity index (χ1v) is 3.36. The van der Waals surface area contributed by atoms with Gasteiger partial charge in [-0.25, -0.2) is 0 Å². The first-order valence-electron chi connectivity index (χ1n) is 3.36. The van der Waals surface area contributed by atoms with Gasteiger partial charge in [0.1, 0.15) is 0 Å². The maximum atomic E-state index is 5.91. The molecule has 1 saturated carbocycles. The molecule has 0 aliphatic heterocycles. The fourth-order valence-electron chi connectivity index (χ4n) is 1.13. The summed E-state index contributed by atoms with van der Waals surface area (Å²) in [4.78, 5) is 0. The zero-order chi connectivity index (χ0) is 7.19. The molecule has 0 aromatic carbocycles. The molecule has 10 heavy (non-hydrogen) atoms. The molecule has 4 heteroatoms. The van der Waals surface area contributed by atoms with Crippen LogP contribution < -0.4 is 5.73 Å². The molecule has 1 fully saturated rings. The normalized spacial score (nSPS) is 21.0. The van der Waals surface area contributed by atoms with Crippen molar-refractivity contribution in [2.75, 3.05) is 0 Å². The number of hydrogen-bond acceptors (Lipinski definition) is 3. The number of aryl methyl sites for hydroxylation is 1. The van der Waals surface area contributed by atoms with E-state index in [9.17, 15) is 0 Å². The van der Waals surface area contributed by atoms with Gasteiger partial charge in [-0.05, 0) is 12.8 Å². The molecule has 2 rings (SSSR count). The second-order valence-corrected chi connectivity index (χ2v) is 2.90. The molecule has 0 spiro atoms. The van der Waals surface area contributed by atoms with E-state index in [1.165, 1.54) is 0 Å². The summed E-state index contributed by atoms with van der Waals surface area (Å²) in [5.41, 5.74) is 6.86. The van der Waals surface area contributed by atoms with Crippen molar-refractivity contribution in [2.24, 2.45) is 12.8 Å². The van der Waals surface area contributed by atoms with Crippen LogP contribution in [-0.2, 0) is 12.6 Å². The van der Waals surface area contributed by atoms with Crippen LogP contribution in [0.4, 0.5) is 0 Å². The molecular formula is C6H10N4. The Morgan fingerprint density at radius 2 is 2.40 bits per heavy atom. The summed E-state index contributed by atoms with van der Waals surface area (Å²) >= 11 is 0. The highest BCUT2D eigenvalue weighted by Crippen LogP contribution is 2.41. The van der Waals surface area contributed by atoms with Crippen molar-refractivity contribution in [3.8, 4) is 0 Å². The van der Waals surface area contributed by atoms with Crippen LogP contribution in [-0.4, -0.2) is 15.0 Å². The van der Waals surface area contributed by atoms with Crippen LogP contribution in [0.25, 0.3) is 0 Å². The number of hydrogen-bond donors (Lipinski definition) is 1. The average Bonchev–Trinajstić information content (AvgIpc) is 2.44. The van der Waals surface area contributed by atoms with Gasteiger partial charge in [0.05, 0.1) is 17.4 Å². The van der Waals surface area contributed by atoms with Crippen molar-refractivity contribution in [1.82, 2.24) is 15.0 Å². The van der Waals surface area contributed by atoms with Crippen LogP contribution in [0.5, 0.6) is 0 Å². The molecule has 1 aromatic rings. The van der Waals surface area contributed by atoms with Crippen LogP contribution in [0.1, 0.15) is 18.5 Å². The molecule has 1 heterocycles. The smallest absolute Gasteiger partial charge is 0.0782 e. The molecule has 0 saturated heterocycles. The van der Waals surface area contributed by atoms with Crippen LogP contribution in [0, 0.1) is 0 Å². The lowest BCUT2D eigenvalue weighted by molar-refractivity contribution is 0.604. The predicted molar refractivity (Wildman–Crippen MR) is 36.1 cm³/mol. The zero-order valence-electron chi connectivity index (χ0n) is 5.91. The number of nitrogens with zero attached hydrogens (tertiary/aromatic N) is 3. The molecule has 0 unspecified atom stereocenters. The number of nitrogens with two attached hydrogens (primary N) is 1. The Labute approximate surface area is 59.0 Å². The molecule has 0 amide bonds. The van der Waals surface area contributed by atoms with E-state index in [-0.39, 0.29) is 5.54 Å². The van der Waals surface area contributed by atoms with Gasteiger partial charge in [-0.3, -0.25) is 4.68 Å². The van der Waals surface area contributed by atoms with E-state index >= 15 is 0 Å². The highest BCUT2D eigenvalue weighted by Gasteiger charge is 2.42. The van der Waals surface area contributed by atoms with Crippen molar-refractivity contribution < 1.29 is 0 Å². The van der Waals surface area contributed by atoms with Gasteiger partial charge in [0.25, 0.3) is 0 Å². The van der Waals surface area contributed by atoms with Crippen molar-refractivity contribution in [1.29, 1.82) is 0 Å². The summed E-state index contributed by atoms with van der Waals surface area (Å²) in [6, 6.07) is 0. The van der Waals surface area contributed by atoms with Gasteiger partial charge in [-0.1, -0.05) is 5.21 Å². The second-order valence-electron chi connectivity index (χ2n) is 2.90. The first kappa shape index (κ1) is 5.85. The highest BCUT2D eigenvalue weighted by atomic mass is 15.4. The van der Waals surface area contributed by atoms with Crippen molar-refractivity contribution in [2.45, 2.75) is 18.4 Å². The molecule has 1 aliphatic carbocycles. The molecular weight excluding hydrogens is 128 g/mol. The van der Waals surface area contributed by atoms with Gasteiger partial charge >= 0.3 is 0 Å². The fraction of sp³-hybridized carbons (Fsp3) is 0.667. The largest absolute Gasteiger partial charge is 0.320 e. The van der Waals surface area contributed by atoms with Gasteiger partial charge in [0.15, 0.2) is 0 Å². The Balaban J connectivity index is 2.42. The monoisotopic (exact) mass is 138 g/mol. The van der Waals surface area contributed by atoms with E-state index < -0.39 is 0 Å². The lowest BCUT2D eigenvalue weighted by atomic mass is 10.2. The predicted octanol–water partition coefficient (Wildman–Crippen LogP) is -0.237. The van der Waals surface area contributed by atoms with E-state index in [2.05, 4.69) is 10.3 Å².